The molecule has 4 nitrogen and oxygen atoms in total. The molecule has 1 rings (SSSR count). The lowest BCUT2D eigenvalue weighted by atomic mass is 9.80. The number of hydrogen-bond donors (Lipinski definition) is 3. The highest BCUT2D eigenvalue weighted by atomic mass is 16.4. The van der Waals surface area contributed by atoms with Crippen LogP contribution in [0.2, 0.25) is 0 Å². The molecule has 0 bridgehead atoms. The molecule has 3 N–H and O–H groups in total. The third-order valence-corrected chi connectivity index (χ3v) is 5.69. The van der Waals surface area contributed by atoms with Crippen LogP contribution >= 0.6 is 0 Å². The van der Waals surface area contributed by atoms with Crippen LogP contribution in [0.5, 0.6) is 0 Å². The first-order valence-electron chi connectivity index (χ1n) is 10.2. The van der Waals surface area contributed by atoms with Crippen molar-refractivity contribution in [1.82, 2.24) is 0 Å². The topological polar surface area (TPSA) is 77.8 Å². The highest BCUT2D eigenvalue weighted by Gasteiger charge is 2.33. The minimum atomic E-state index is -0.754. The molecule has 1 fully saturated rings. The van der Waals surface area contributed by atoms with Gasteiger partial charge in [0.2, 0.25) is 0 Å². The van der Waals surface area contributed by atoms with Gasteiger partial charge in [-0.25, -0.2) is 0 Å². The number of carbonyl (C=O) groups is 1. The predicted octanol–water partition coefficient (Wildman–Crippen LogP) is 4.71. The summed E-state index contributed by atoms with van der Waals surface area (Å²) in [6.45, 7) is 6.38. The van der Waals surface area contributed by atoms with E-state index in [9.17, 15) is 15.0 Å². The van der Waals surface area contributed by atoms with Gasteiger partial charge in [0.15, 0.2) is 0 Å². The van der Waals surface area contributed by atoms with E-state index < -0.39 is 12.1 Å². The van der Waals surface area contributed by atoms with E-state index in [1.54, 1.807) is 0 Å². The van der Waals surface area contributed by atoms with Gasteiger partial charge in [-0.3, -0.25) is 4.79 Å². The summed E-state index contributed by atoms with van der Waals surface area (Å²) in [5.74, 6) is -0.270. The summed E-state index contributed by atoms with van der Waals surface area (Å²) in [7, 11) is 0. The van der Waals surface area contributed by atoms with Gasteiger partial charge in [0.05, 0.1) is 12.2 Å². The monoisotopic (exact) mass is 366 g/mol. The number of aliphatic hydroxyl groups is 2. The predicted molar refractivity (Wildman–Crippen MR) is 106 cm³/mol. The van der Waals surface area contributed by atoms with Crippen molar-refractivity contribution >= 4 is 5.97 Å². The second-order valence-corrected chi connectivity index (χ2v) is 8.39. The quantitative estimate of drug-likeness (QED) is 0.345. The number of rotatable bonds is 12. The summed E-state index contributed by atoms with van der Waals surface area (Å²) in [6, 6.07) is 0. The average Bonchev–Trinajstić information content (AvgIpc) is 2.93. The van der Waals surface area contributed by atoms with Gasteiger partial charge in [-0.1, -0.05) is 57.9 Å². The molecule has 1 unspecified atom stereocenters. The fourth-order valence-corrected chi connectivity index (χ4v) is 3.68. The molecule has 1 saturated carbocycles. The van der Waals surface area contributed by atoms with Crippen LogP contribution in [0.25, 0.3) is 0 Å². The van der Waals surface area contributed by atoms with Crippen molar-refractivity contribution in [3.8, 4) is 0 Å². The van der Waals surface area contributed by atoms with Crippen LogP contribution in [0.1, 0.15) is 78.6 Å². The molecule has 150 valence electrons. The Kier molecular flexibility index (Phi) is 10.2. The summed E-state index contributed by atoms with van der Waals surface area (Å²) >= 11 is 0. The number of unbranched alkanes of at least 4 members (excludes halogenated alkanes) is 2. The average molecular weight is 367 g/mol. The van der Waals surface area contributed by atoms with Gasteiger partial charge in [-0.05, 0) is 55.8 Å². The first-order chi connectivity index (χ1) is 12.3. The Morgan fingerprint density at radius 3 is 2.62 bits per heavy atom. The van der Waals surface area contributed by atoms with Crippen LogP contribution in [-0.4, -0.2) is 33.5 Å². The first kappa shape index (κ1) is 22.9. The standard InChI is InChI=1S/C22H38O4/c1-4-5-16-22(2,3)20(24)15-13-17-12-14-19(23)18(17)10-8-6-7-9-11-21(25)26/h6,8,13,15,17-20,23-24H,4-5,7,9-12,14,16H2,1-3H3,(H,25,26)/t17-,18-,19+,20?/m1/s1. The third-order valence-electron chi connectivity index (χ3n) is 5.69. The Morgan fingerprint density at radius 1 is 1.23 bits per heavy atom. The SMILES string of the molecule is CCCCC(C)(C)C(O)C=C[C@H]1CC[C@H](O)[C@@H]1CC=CCCCC(=O)O. The minimum Gasteiger partial charge on any atom is -0.481 e. The smallest absolute Gasteiger partial charge is 0.303 e. The minimum absolute atomic E-state index is 0.122. The Hall–Kier alpha value is -1.13. The van der Waals surface area contributed by atoms with Crippen molar-refractivity contribution < 1.29 is 20.1 Å². The summed E-state index contributed by atoms with van der Waals surface area (Å²) in [4.78, 5) is 10.5. The van der Waals surface area contributed by atoms with E-state index in [4.69, 9.17) is 5.11 Å². The van der Waals surface area contributed by atoms with Gasteiger partial charge in [-0.2, -0.15) is 0 Å². The van der Waals surface area contributed by atoms with Crippen molar-refractivity contribution in [2.75, 3.05) is 0 Å². The van der Waals surface area contributed by atoms with Gasteiger partial charge in [0.25, 0.3) is 0 Å². The zero-order chi connectivity index (χ0) is 19.6. The third kappa shape index (κ3) is 8.05. The molecule has 0 heterocycles. The number of carboxylic acid groups (broad SMARTS) is 1. The molecule has 0 aromatic carbocycles. The number of allylic oxidation sites excluding steroid dienone is 3. The van der Waals surface area contributed by atoms with E-state index in [0.717, 1.165) is 44.9 Å². The molecule has 0 radical (unpaired) electrons. The Balaban J connectivity index is 2.51. The van der Waals surface area contributed by atoms with Crippen molar-refractivity contribution in [2.45, 2.75) is 90.8 Å². The summed E-state index contributed by atoms with van der Waals surface area (Å²) in [6.07, 6.45) is 14.8. The van der Waals surface area contributed by atoms with Crippen molar-refractivity contribution in [2.24, 2.45) is 17.3 Å². The molecular formula is C22H38O4. The maximum Gasteiger partial charge on any atom is 0.303 e. The first-order valence-corrected chi connectivity index (χ1v) is 10.2. The van der Waals surface area contributed by atoms with E-state index in [1.165, 1.54) is 0 Å². The molecule has 0 amide bonds. The van der Waals surface area contributed by atoms with Crippen LogP contribution in [-0.2, 0) is 4.79 Å². The van der Waals surface area contributed by atoms with Gasteiger partial charge < -0.3 is 15.3 Å². The van der Waals surface area contributed by atoms with E-state index >= 15 is 0 Å². The molecule has 26 heavy (non-hydrogen) atoms. The molecule has 0 aliphatic heterocycles. The van der Waals surface area contributed by atoms with Crippen LogP contribution in [0.3, 0.4) is 0 Å². The summed E-state index contributed by atoms with van der Waals surface area (Å²) in [5, 5.41) is 29.4. The Morgan fingerprint density at radius 2 is 1.96 bits per heavy atom. The highest BCUT2D eigenvalue weighted by molar-refractivity contribution is 5.66. The molecule has 0 spiro atoms. The second-order valence-electron chi connectivity index (χ2n) is 8.39. The molecule has 4 atom stereocenters. The summed E-state index contributed by atoms with van der Waals surface area (Å²) in [5.41, 5.74) is -0.122. The zero-order valence-electron chi connectivity index (χ0n) is 16.7. The zero-order valence-corrected chi connectivity index (χ0v) is 16.7. The van der Waals surface area contributed by atoms with E-state index in [2.05, 4.69) is 32.9 Å². The van der Waals surface area contributed by atoms with E-state index in [0.29, 0.717) is 12.3 Å². The molecule has 0 aromatic rings. The maximum absolute atomic E-state index is 10.5. The normalized spacial score (nSPS) is 25.3. The van der Waals surface area contributed by atoms with Gasteiger partial charge in [0.1, 0.15) is 0 Å². The number of aliphatic hydroxyl groups excluding tert-OH is 2. The molecule has 4 heteroatoms. The molecular weight excluding hydrogens is 328 g/mol. The lowest BCUT2D eigenvalue weighted by Gasteiger charge is -2.29. The molecule has 0 aromatic heterocycles. The lowest BCUT2D eigenvalue weighted by molar-refractivity contribution is -0.137. The second kappa shape index (κ2) is 11.6. The van der Waals surface area contributed by atoms with Gasteiger partial charge in [-0.15, -0.1) is 0 Å². The fourth-order valence-electron chi connectivity index (χ4n) is 3.68. The molecule has 0 saturated heterocycles. The van der Waals surface area contributed by atoms with E-state index in [1.807, 2.05) is 12.2 Å². The van der Waals surface area contributed by atoms with Crippen LogP contribution in [0.4, 0.5) is 0 Å². The Bertz CT molecular complexity index is 467. The molecule has 1 aliphatic carbocycles. The van der Waals surface area contributed by atoms with Crippen LogP contribution in [0, 0.1) is 17.3 Å². The van der Waals surface area contributed by atoms with E-state index in [-0.39, 0.29) is 23.9 Å². The maximum atomic E-state index is 10.5. The van der Waals surface area contributed by atoms with Crippen molar-refractivity contribution in [3.05, 3.63) is 24.3 Å². The highest BCUT2D eigenvalue weighted by Crippen LogP contribution is 2.37. The van der Waals surface area contributed by atoms with Crippen molar-refractivity contribution in [1.29, 1.82) is 0 Å². The Labute approximate surface area is 159 Å². The number of hydrogen-bond acceptors (Lipinski definition) is 3. The number of aliphatic carboxylic acids is 1. The fraction of sp³-hybridized carbons (Fsp3) is 0.773. The van der Waals surface area contributed by atoms with Crippen LogP contribution in [0.15, 0.2) is 24.3 Å². The molecule has 1 aliphatic rings. The lowest BCUT2D eigenvalue weighted by Crippen LogP contribution is -2.27. The number of carboxylic acids is 1. The summed E-state index contributed by atoms with van der Waals surface area (Å²) < 4.78 is 0. The van der Waals surface area contributed by atoms with Crippen LogP contribution < -0.4 is 0 Å². The van der Waals surface area contributed by atoms with Crippen molar-refractivity contribution in [3.63, 3.8) is 0 Å². The van der Waals surface area contributed by atoms with Gasteiger partial charge >= 0.3 is 5.97 Å². The largest absolute Gasteiger partial charge is 0.481 e. The van der Waals surface area contributed by atoms with Gasteiger partial charge in [0, 0.05) is 6.42 Å².